The fraction of sp³-hybridized carbons (Fsp3) is 0.652. The lowest BCUT2D eigenvalue weighted by Gasteiger charge is -2.31. The second kappa shape index (κ2) is 9.26. The van der Waals surface area contributed by atoms with E-state index in [4.69, 9.17) is 4.74 Å². The second-order valence-electron chi connectivity index (χ2n) is 8.76. The number of amides is 2. The van der Waals surface area contributed by atoms with Crippen LogP contribution in [0.3, 0.4) is 0 Å². The monoisotopic (exact) mass is 399 g/mol. The predicted molar refractivity (Wildman–Crippen MR) is 112 cm³/mol. The van der Waals surface area contributed by atoms with E-state index < -0.39 is 6.04 Å². The summed E-state index contributed by atoms with van der Waals surface area (Å²) in [6, 6.07) is 7.32. The summed E-state index contributed by atoms with van der Waals surface area (Å²) in [5.41, 5.74) is 1.53. The lowest BCUT2D eigenvalue weighted by atomic mass is 9.87. The van der Waals surface area contributed by atoms with Gasteiger partial charge in [0.15, 0.2) is 0 Å². The van der Waals surface area contributed by atoms with Crippen LogP contribution in [-0.2, 0) is 9.53 Å². The molecule has 3 aliphatic rings. The third-order valence-corrected chi connectivity index (χ3v) is 6.65. The van der Waals surface area contributed by atoms with Crippen LogP contribution in [0, 0.1) is 5.92 Å². The smallest absolute Gasteiger partial charge is 0.255 e. The Balaban J connectivity index is 1.42. The maximum atomic E-state index is 13.2. The van der Waals surface area contributed by atoms with Gasteiger partial charge in [-0.15, -0.1) is 0 Å². The first-order valence-corrected chi connectivity index (χ1v) is 11.1. The Hall–Kier alpha value is -1.92. The maximum Gasteiger partial charge on any atom is 0.255 e. The average Bonchev–Trinajstić information content (AvgIpc) is 3.03. The molecular formula is C23H33N3O3. The molecule has 158 valence electrons. The molecule has 2 amide bonds. The number of hydrogen-bond donors (Lipinski definition) is 1. The minimum Gasteiger partial charge on any atom is -0.379 e. The van der Waals surface area contributed by atoms with Gasteiger partial charge in [-0.05, 0) is 49.7 Å². The maximum absolute atomic E-state index is 13.2. The summed E-state index contributed by atoms with van der Waals surface area (Å²) in [6.07, 6.45) is 5.26. The van der Waals surface area contributed by atoms with Gasteiger partial charge in [-0.2, -0.15) is 0 Å². The van der Waals surface area contributed by atoms with E-state index in [-0.39, 0.29) is 17.9 Å². The van der Waals surface area contributed by atoms with Gasteiger partial charge in [-0.25, -0.2) is 0 Å². The summed E-state index contributed by atoms with van der Waals surface area (Å²) >= 11 is 0. The standard InChI is InChI=1S/C23H33N3O3/c1-17-7-9-18(10-8-17)24-22(27)21-19-5-2-3-6-20(19)23(28)26(21)12-4-11-25-13-15-29-16-14-25/h2-3,5-6,17-18,21H,4,7-16H2,1H3,(H,24,27). The minimum atomic E-state index is -0.497. The largest absolute Gasteiger partial charge is 0.379 e. The molecule has 6 heteroatoms. The van der Waals surface area contributed by atoms with Gasteiger partial charge in [0.25, 0.3) is 5.91 Å². The molecule has 2 fully saturated rings. The first-order valence-electron chi connectivity index (χ1n) is 11.1. The van der Waals surface area contributed by atoms with Crippen molar-refractivity contribution in [2.45, 2.75) is 51.1 Å². The SMILES string of the molecule is CC1CCC(NC(=O)C2c3ccccc3C(=O)N2CCCN2CCOCC2)CC1. The number of benzene rings is 1. The van der Waals surface area contributed by atoms with Crippen molar-refractivity contribution in [1.82, 2.24) is 15.1 Å². The highest BCUT2D eigenvalue weighted by Gasteiger charge is 2.41. The zero-order chi connectivity index (χ0) is 20.2. The summed E-state index contributed by atoms with van der Waals surface area (Å²) in [5.74, 6) is 0.711. The van der Waals surface area contributed by atoms with Gasteiger partial charge in [-0.1, -0.05) is 25.1 Å². The number of hydrogen-bond acceptors (Lipinski definition) is 4. The van der Waals surface area contributed by atoms with Crippen LogP contribution in [0.15, 0.2) is 24.3 Å². The topological polar surface area (TPSA) is 61.9 Å². The second-order valence-corrected chi connectivity index (χ2v) is 8.76. The van der Waals surface area contributed by atoms with Crippen molar-refractivity contribution in [1.29, 1.82) is 0 Å². The van der Waals surface area contributed by atoms with E-state index in [0.717, 1.165) is 76.4 Å². The van der Waals surface area contributed by atoms with Crippen LogP contribution in [-0.4, -0.2) is 67.0 Å². The van der Waals surface area contributed by atoms with Gasteiger partial charge in [0, 0.05) is 37.8 Å². The molecular weight excluding hydrogens is 366 g/mol. The van der Waals surface area contributed by atoms with E-state index in [1.165, 1.54) is 0 Å². The zero-order valence-electron chi connectivity index (χ0n) is 17.4. The highest BCUT2D eigenvalue weighted by atomic mass is 16.5. The van der Waals surface area contributed by atoms with Crippen molar-refractivity contribution >= 4 is 11.8 Å². The number of nitrogens with zero attached hydrogens (tertiary/aromatic N) is 2. The van der Waals surface area contributed by atoms with Gasteiger partial charge in [0.2, 0.25) is 5.91 Å². The molecule has 1 unspecified atom stereocenters. The van der Waals surface area contributed by atoms with E-state index in [9.17, 15) is 9.59 Å². The van der Waals surface area contributed by atoms with Crippen LogP contribution in [0.1, 0.15) is 61.0 Å². The first-order chi connectivity index (χ1) is 14.1. The fourth-order valence-electron chi connectivity index (χ4n) is 4.86. The fourth-order valence-corrected chi connectivity index (χ4v) is 4.86. The van der Waals surface area contributed by atoms with Gasteiger partial charge in [0.1, 0.15) is 6.04 Å². The van der Waals surface area contributed by atoms with Crippen molar-refractivity contribution in [3.8, 4) is 0 Å². The number of ether oxygens (including phenoxy) is 1. The van der Waals surface area contributed by atoms with Crippen molar-refractivity contribution in [2.75, 3.05) is 39.4 Å². The molecule has 6 nitrogen and oxygen atoms in total. The van der Waals surface area contributed by atoms with E-state index in [1.807, 2.05) is 24.3 Å². The Morgan fingerprint density at radius 1 is 1.10 bits per heavy atom. The van der Waals surface area contributed by atoms with Gasteiger partial charge in [0.05, 0.1) is 13.2 Å². The van der Waals surface area contributed by atoms with Crippen LogP contribution in [0.25, 0.3) is 0 Å². The van der Waals surface area contributed by atoms with E-state index in [1.54, 1.807) is 4.90 Å². The molecule has 1 atom stereocenters. The summed E-state index contributed by atoms with van der Waals surface area (Å²) in [5, 5.41) is 3.25. The van der Waals surface area contributed by atoms with Crippen LogP contribution in [0.4, 0.5) is 0 Å². The third-order valence-electron chi connectivity index (χ3n) is 6.65. The molecule has 0 aromatic heterocycles. The lowest BCUT2D eigenvalue weighted by Crippen LogP contribution is -2.45. The normalized spacial score (nSPS) is 27.7. The van der Waals surface area contributed by atoms with Crippen LogP contribution in [0.5, 0.6) is 0 Å². The molecule has 4 rings (SSSR count). The molecule has 1 N–H and O–H groups in total. The number of fused-ring (bicyclic) bond motifs is 1. The summed E-state index contributed by atoms with van der Waals surface area (Å²) in [7, 11) is 0. The van der Waals surface area contributed by atoms with Gasteiger partial charge >= 0.3 is 0 Å². The summed E-state index contributed by atoms with van der Waals surface area (Å²) in [4.78, 5) is 30.4. The quantitative estimate of drug-likeness (QED) is 0.799. The molecule has 1 saturated carbocycles. The molecule has 0 spiro atoms. The predicted octanol–water partition coefficient (Wildman–Crippen LogP) is 2.60. The van der Waals surface area contributed by atoms with E-state index in [0.29, 0.717) is 12.1 Å². The Labute approximate surface area is 173 Å². The van der Waals surface area contributed by atoms with Crippen molar-refractivity contribution in [3.05, 3.63) is 35.4 Å². The summed E-state index contributed by atoms with van der Waals surface area (Å²) < 4.78 is 5.41. The molecule has 1 aromatic rings. The minimum absolute atomic E-state index is 0.0139. The number of carbonyl (C=O) groups is 2. The number of carbonyl (C=O) groups excluding carboxylic acids is 2. The Morgan fingerprint density at radius 2 is 1.83 bits per heavy atom. The Morgan fingerprint density at radius 3 is 2.59 bits per heavy atom. The third kappa shape index (κ3) is 4.64. The first kappa shape index (κ1) is 20.4. The average molecular weight is 400 g/mol. The highest BCUT2D eigenvalue weighted by molar-refractivity contribution is 6.04. The van der Waals surface area contributed by atoms with Crippen LogP contribution < -0.4 is 5.32 Å². The Kier molecular flexibility index (Phi) is 6.50. The molecule has 0 radical (unpaired) electrons. The number of morpholine rings is 1. The van der Waals surface area contributed by atoms with E-state index in [2.05, 4.69) is 17.1 Å². The molecule has 2 heterocycles. The molecule has 0 bridgehead atoms. The molecule has 1 aromatic carbocycles. The van der Waals surface area contributed by atoms with E-state index >= 15 is 0 Å². The molecule has 1 aliphatic carbocycles. The number of rotatable bonds is 6. The highest BCUT2D eigenvalue weighted by Crippen LogP contribution is 2.34. The zero-order valence-corrected chi connectivity index (χ0v) is 17.4. The number of nitrogens with one attached hydrogen (secondary N) is 1. The van der Waals surface area contributed by atoms with Crippen molar-refractivity contribution in [2.24, 2.45) is 5.92 Å². The molecule has 29 heavy (non-hydrogen) atoms. The summed E-state index contributed by atoms with van der Waals surface area (Å²) in [6.45, 7) is 7.25. The van der Waals surface area contributed by atoms with Crippen molar-refractivity contribution < 1.29 is 14.3 Å². The van der Waals surface area contributed by atoms with Crippen LogP contribution >= 0.6 is 0 Å². The molecule has 1 saturated heterocycles. The van der Waals surface area contributed by atoms with Crippen LogP contribution in [0.2, 0.25) is 0 Å². The lowest BCUT2D eigenvalue weighted by molar-refractivity contribution is -0.126. The van der Waals surface area contributed by atoms with Gasteiger partial charge in [-0.3, -0.25) is 14.5 Å². The van der Waals surface area contributed by atoms with Gasteiger partial charge < -0.3 is 15.0 Å². The molecule has 2 aliphatic heterocycles. The van der Waals surface area contributed by atoms with Crippen molar-refractivity contribution in [3.63, 3.8) is 0 Å². The Bertz CT molecular complexity index is 724.